The lowest BCUT2D eigenvalue weighted by molar-refractivity contribution is 0.0590. The number of carbonyl (C=O) groups is 1. The Balaban J connectivity index is 2.80. The van der Waals surface area contributed by atoms with Gasteiger partial charge in [-0.05, 0) is 18.2 Å². The van der Waals surface area contributed by atoms with Crippen LogP contribution in [-0.4, -0.2) is 31.9 Å². The lowest BCUT2D eigenvalue weighted by Crippen LogP contribution is -2.07. The number of fused-ring (bicyclic) bond motifs is 1. The van der Waals surface area contributed by atoms with E-state index in [1.54, 1.807) is 31.9 Å². The minimum absolute atomic E-state index is 0.391. The first kappa shape index (κ1) is 12.3. The van der Waals surface area contributed by atoms with Gasteiger partial charge >= 0.3 is 5.97 Å². The van der Waals surface area contributed by atoms with Crippen LogP contribution in [0.4, 0.5) is 0 Å². The van der Waals surface area contributed by atoms with Crippen molar-refractivity contribution in [3.8, 4) is 11.5 Å². The summed E-state index contributed by atoms with van der Waals surface area (Å²) < 4.78 is 17.1. The topological polar surface area (TPSA) is 49.7 Å². The fraction of sp³-hybridized carbons (Fsp3) is 0.308. The normalized spacial score (nSPS) is 10.4. The SMILES string of the molecule is COC(=O)c1cc2c(OC)ccc(OC)c2n1C. The Labute approximate surface area is 105 Å². The van der Waals surface area contributed by atoms with Crippen molar-refractivity contribution < 1.29 is 19.0 Å². The highest BCUT2D eigenvalue weighted by molar-refractivity contribution is 6.00. The third-order valence-electron chi connectivity index (χ3n) is 2.95. The van der Waals surface area contributed by atoms with Crippen molar-refractivity contribution in [3.63, 3.8) is 0 Å². The maximum atomic E-state index is 11.7. The van der Waals surface area contributed by atoms with Crippen LogP contribution in [0.2, 0.25) is 0 Å². The van der Waals surface area contributed by atoms with E-state index in [1.807, 2.05) is 12.1 Å². The van der Waals surface area contributed by atoms with Gasteiger partial charge < -0.3 is 18.8 Å². The van der Waals surface area contributed by atoms with Crippen LogP contribution in [-0.2, 0) is 11.8 Å². The molecular formula is C13H15NO4. The molecule has 0 saturated heterocycles. The predicted molar refractivity (Wildman–Crippen MR) is 67.4 cm³/mol. The number of aromatic nitrogens is 1. The molecule has 2 rings (SSSR count). The minimum Gasteiger partial charge on any atom is -0.496 e. The van der Waals surface area contributed by atoms with E-state index in [4.69, 9.17) is 14.2 Å². The summed E-state index contributed by atoms with van der Waals surface area (Å²) in [6, 6.07) is 5.35. The van der Waals surface area contributed by atoms with Crippen molar-refractivity contribution in [1.82, 2.24) is 4.57 Å². The third-order valence-corrected chi connectivity index (χ3v) is 2.95. The molecule has 5 heteroatoms. The van der Waals surface area contributed by atoms with Gasteiger partial charge in [0, 0.05) is 12.4 Å². The zero-order valence-corrected chi connectivity index (χ0v) is 10.8. The summed E-state index contributed by atoms with van der Waals surface area (Å²) in [6.45, 7) is 0. The third kappa shape index (κ3) is 1.68. The number of benzene rings is 1. The number of hydrogen-bond acceptors (Lipinski definition) is 4. The predicted octanol–water partition coefficient (Wildman–Crippen LogP) is 1.98. The number of methoxy groups -OCH3 is 3. The molecule has 0 saturated carbocycles. The van der Waals surface area contributed by atoms with Crippen LogP contribution in [0.25, 0.3) is 10.9 Å². The fourth-order valence-corrected chi connectivity index (χ4v) is 2.05. The molecule has 5 nitrogen and oxygen atoms in total. The number of carbonyl (C=O) groups excluding carboxylic acids is 1. The first-order valence-electron chi connectivity index (χ1n) is 5.42. The summed E-state index contributed by atoms with van der Waals surface area (Å²) in [4.78, 5) is 11.7. The molecule has 0 spiro atoms. The summed E-state index contributed by atoms with van der Waals surface area (Å²) >= 11 is 0. The zero-order chi connectivity index (χ0) is 13.3. The van der Waals surface area contributed by atoms with Crippen molar-refractivity contribution in [2.75, 3.05) is 21.3 Å². The second-order valence-corrected chi connectivity index (χ2v) is 3.81. The van der Waals surface area contributed by atoms with Crippen LogP contribution < -0.4 is 9.47 Å². The molecule has 0 atom stereocenters. The molecule has 0 aliphatic carbocycles. The smallest absolute Gasteiger partial charge is 0.354 e. The maximum Gasteiger partial charge on any atom is 0.354 e. The van der Waals surface area contributed by atoms with Crippen molar-refractivity contribution >= 4 is 16.9 Å². The molecule has 1 aromatic carbocycles. The Hall–Kier alpha value is -2.17. The van der Waals surface area contributed by atoms with Crippen molar-refractivity contribution in [2.45, 2.75) is 0 Å². The molecule has 0 fully saturated rings. The molecule has 96 valence electrons. The van der Waals surface area contributed by atoms with Gasteiger partial charge in [0.05, 0.1) is 26.8 Å². The Morgan fingerprint density at radius 1 is 1.11 bits per heavy atom. The summed E-state index contributed by atoms with van der Waals surface area (Å²) in [7, 11) is 6.32. The Bertz CT molecular complexity index is 601. The lowest BCUT2D eigenvalue weighted by atomic mass is 10.2. The van der Waals surface area contributed by atoms with Crippen LogP contribution in [0.1, 0.15) is 10.5 Å². The average Bonchev–Trinajstić information content (AvgIpc) is 2.75. The highest BCUT2D eigenvalue weighted by atomic mass is 16.5. The van der Waals surface area contributed by atoms with Gasteiger partial charge in [0.25, 0.3) is 0 Å². The van der Waals surface area contributed by atoms with Crippen LogP contribution >= 0.6 is 0 Å². The van der Waals surface area contributed by atoms with Crippen LogP contribution in [0.3, 0.4) is 0 Å². The summed E-state index contributed by atoms with van der Waals surface area (Å²) in [5, 5.41) is 0.819. The second kappa shape index (κ2) is 4.60. The van der Waals surface area contributed by atoms with E-state index in [0.717, 1.165) is 10.9 Å². The number of esters is 1. The van der Waals surface area contributed by atoms with Crippen molar-refractivity contribution in [3.05, 3.63) is 23.9 Å². The summed E-state index contributed by atoms with van der Waals surface area (Å²) in [6.07, 6.45) is 0. The van der Waals surface area contributed by atoms with E-state index >= 15 is 0 Å². The Morgan fingerprint density at radius 2 is 1.72 bits per heavy atom. The van der Waals surface area contributed by atoms with Crippen LogP contribution in [0, 0.1) is 0 Å². The molecular weight excluding hydrogens is 234 g/mol. The van der Waals surface area contributed by atoms with Gasteiger partial charge in [0.15, 0.2) is 0 Å². The van der Waals surface area contributed by atoms with Gasteiger partial charge in [-0.2, -0.15) is 0 Å². The van der Waals surface area contributed by atoms with E-state index in [0.29, 0.717) is 17.2 Å². The molecule has 0 radical (unpaired) electrons. The molecule has 1 aromatic heterocycles. The number of aryl methyl sites for hydroxylation is 1. The van der Waals surface area contributed by atoms with Gasteiger partial charge in [0.1, 0.15) is 17.2 Å². The molecule has 0 bridgehead atoms. The van der Waals surface area contributed by atoms with E-state index < -0.39 is 5.97 Å². The van der Waals surface area contributed by atoms with Gasteiger partial charge in [-0.3, -0.25) is 0 Å². The molecule has 0 aliphatic heterocycles. The van der Waals surface area contributed by atoms with Crippen molar-refractivity contribution in [1.29, 1.82) is 0 Å². The largest absolute Gasteiger partial charge is 0.496 e. The lowest BCUT2D eigenvalue weighted by Gasteiger charge is -2.08. The zero-order valence-electron chi connectivity index (χ0n) is 10.8. The summed E-state index contributed by atoms with van der Waals surface area (Å²) in [5.41, 5.74) is 1.26. The minimum atomic E-state index is -0.391. The number of nitrogens with zero attached hydrogens (tertiary/aromatic N) is 1. The van der Waals surface area contributed by atoms with E-state index in [1.165, 1.54) is 7.11 Å². The molecule has 1 heterocycles. The fourth-order valence-electron chi connectivity index (χ4n) is 2.05. The first-order chi connectivity index (χ1) is 8.63. The second-order valence-electron chi connectivity index (χ2n) is 3.81. The Kier molecular flexibility index (Phi) is 3.14. The van der Waals surface area contributed by atoms with Gasteiger partial charge in [-0.15, -0.1) is 0 Å². The molecule has 0 aliphatic rings. The number of rotatable bonds is 3. The number of hydrogen-bond donors (Lipinski definition) is 0. The van der Waals surface area contributed by atoms with Gasteiger partial charge in [0.2, 0.25) is 0 Å². The molecule has 0 unspecified atom stereocenters. The maximum absolute atomic E-state index is 11.7. The van der Waals surface area contributed by atoms with Crippen molar-refractivity contribution in [2.24, 2.45) is 7.05 Å². The number of ether oxygens (including phenoxy) is 3. The van der Waals surface area contributed by atoms with E-state index in [-0.39, 0.29) is 0 Å². The molecule has 0 amide bonds. The molecule has 18 heavy (non-hydrogen) atoms. The standard InChI is InChI=1S/C13H15NO4/c1-14-9(13(15)18-4)7-8-10(16-2)5-6-11(17-3)12(8)14/h5-7H,1-4H3. The average molecular weight is 249 g/mol. The van der Waals surface area contributed by atoms with E-state index in [2.05, 4.69) is 0 Å². The molecule has 0 N–H and O–H groups in total. The quantitative estimate of drug-likeness (QED) is 0.780. The highest BCUT2D eigenvalue weighted by Gasteiger charge is 2.18. The van der Waals surface area contributed by atoms with Gasteiger partial charge in [-0.25, -0.2) is 4.79 Å². The molecule has 2 aromatic rings. The summed E-state index contributed by atoms with van der Waals surface area (Å²) in [5.74, 6) is 0.984. The van der Waals surface area contributed by atoms with Gasteiger partial charge in [-0.1, -0.05) is 0 Å². The monoisotopic (exact) mass is 249 g/mol. The van der Waals surface area contributed by atoms with Crippen LogP contribution in [0.5, 0.6) is 11.5 Å². The highest BCUT2D eigenvalue weighted by Crippen LogP contribution is 2.35. The van der Waals surface area contributed by atoms with E-state index in [9.17, 15) is 4.79 Å². The first-order valence-corrected chi connectivity index (χ1v) is 5.42. The Morgan fingerprint density at radius 3 is 2.28 bits per heavy atom. The van der Waals surface area contributed by atoms with Crippen LogP contribution in [0.15, 0.2) is 18.2 Å².